The number of amides is 4. The van der Waals surface area contributed by atoms with Crippen LogP contribution in [0.25, 0.3) is 0 Å². The zero-order chi connectivity index (χ0) is 32.5. The number of hydrogen-bond donors (Lipinski definition) is 2. The molecule has 3 N–H and O–H groups in total. The molecule has 12 heteroatoms. The minimum atomic E-state index is -0.743. The molecule has 0 unspecified atom stereocenters. The predicted molar refractivity (Wildman–Crippen MR) is 174 cm³/mol. The number of nitrogens with one attached hydrogen (secondary N) is 1. The van der Waals surface area contributed by atoms with Crippen molar-refractivity contribution in [1.82, 2.24) is 15.1 Å². The van der Waals surface area contributed by atoms with Gasteiger partial charge < -0.3 is 20.7 Å². The van der Waals surface area contributed by atoms with Crippen LogP contribution in [0.15, 0.2) is 76.2 Å². The molecule has 234 valence electrons. The standard InChI is InChI=1S/C33H33BrClN5O5/c1-33(2,3)45-26-16-20(25(41)17-27(36)42)9-12-24(26)31-38-29(19-7-10-23(35)11-8-19)30(21-5-4-6-22(34)15-21)40(31)32(44)39-14-13-37-28(43)18-39/h4-12,15-16,29-30H,13-14,17-18H2,1-3H3,(H2,36,42)(H,37,43)/t29-,30+/m0/s1. The molecule has 10 nitrogen and oxygen atoms in total. The van der Waals surface area contributed by atoms with Gasteiger partial charge in [0.2, 0.25) is 11.8 Å². The van der Waals surface area contributed by atoms with Crippen LogP contribution < -0.4 is 15.8 Å². The lowest BCUT2D eigenvalue weighted by Crippen LogP contribution is -2.55. The monoisotopic (exact) mass is 693 g/mol. The van der Waals surface area contributed by atoms with Crippen molar-refractivity contribution in [2.24, 2.45) is 10.7 Å². The first-order valence-electron chi connectivity index (χ1n) is 14.4. The molecule has 2 aliphatic rings. The summed E-state index contributed by atoms with van der Waals surface area (Å²) in [5, 5.41) is 3.33. The highest BCUT2D eigenvalue weighted by atomic mass is 79.9. The van der Waals surface area contributed by atoms with Gasteiger partial charge in [0.1, 0.15) is 29.8 Å². The number of carbonyl (C=O) groups is 4. The van der Waals surface area contributed by atoms with Crippen molar-refractivity contribution >= 4 is 57.0 Å². The van der Waals surface area contributed by atoms with E-state index in [1.165, 1.54) is 4.90 Å². The lowest BCUT2D eigenvalue weighted by Gasteiger charge is -2.36. The molecule has 2 aliphatic heterocycles. The van der Waals surface area contributed by atoms with Crippen LogP contribution in [0.1, 0.15) is 66.3 Å². The van der Waals surface area contributed by atoms with Gasteiger partial charge in [-0.15, -0.1) is 0 Å². The summed E-state index contributed by atoms with van der Waals surface area (Å²) in [4.78, 5) is 59.6. The lowest BCUT2D eigenvalue weighted by molar-refractivity contribution is -0.123. The number of halogens is 2. The average Bonchev–Trinajstić information content (AvgIpc) is 3.36. The summed E-state index contributed by atoms with van der Waals surface area (Å²) in [6.07, 6.45) is -0.458. The van der Waals surface area contributed by atoms with E-state index in [4.69, 9.17) is 27.1 Å². The van der Waals surface area contributed by atoms with Crippen LogP contribution in [0, 0.1) is 0 Å². The Kier molecular flexibility index (Phi) is 9.31. The molecule has 2 heterocycles. The summed E-state index contributed by atoms with van der Waals surface area (Å²) in [5.74, 6) is -0.846. The molecule has 3 aromatic rings. The van der Waals surface area contributed by atoms with Crippen molar-refractivity contribution in [3.05, 3.63) is 98.5 Å². The molecule has 1 saturated heterocycles. The number of hydrogen-bond acceptors (Lipinski definition) is 6. The number of ether oxygens (including phenoxy) is 1. The molecular formula is C33H33BrClN5O5. The Hall–Kier alpha value is -4.22. The van der Waals surface area contributed by atoms with Crippen LogP contribution in [0.3, 0.4) is 0 Å². The van der Waals surface area contributed by atoms with Gasteiger partial charge in [-0.3, -0.25) is 24.3 Å². The molecule has 0 saturated carbocycles. The number of amidine groups is 1. The summed E-state index contributed by atoms with van der Waals surface area (Å²) in [6.45, 7) is 6.12. The van der Waals surface area contributed by atoms with Crippen LogP contribution in [0.4, 0.5) is 4.79 Å². The SMILES string of the molecule is CC(C)(C)Oc1cc(C(=O)CC(N)=O)ccc1C1=N[C@@H](c2ccc(Cl)cc2)[C@@H](c2cccc(Br)c2)N1C(=O)N1CCNC(=O)C1. The molecule has 0 radical (unpaired) electrons. The van der Waals surface area contributed by atoms with Crippen LogP contribution in [-0.2, 0) is 9.59 Å². The van der Waals surface area contributed by atoms with Crippen LogP contribution >= 0.6 is 27.5 Å². The van der Waals surface area contributed by atoms with E-state index >= 15 is 0 Å². The minimum absolute atomic E-state index is 0.106. The second-order valence-electron chi connectivity index (χ2n) is 11.9. The molecule has 4 amide bonds. The van der Waals surface area contributed by atoms with Crippen molar-refractivity contribution < 1.29 is 23.9 Å². The maximum Gasteiger partial charge on any atom is 0.326 e. The number of carbonyl (C=O) groups excluding carboxylic acids is 4. The van der Waals surface area contributed by atoms with Crippen molar-refractivity contribution in [2.75, 3.05) is 19.6 Å². The fourth-order valence-electron chi connectivity index (χ4n) is 5.39. The Labute approximate surface area is 274 Å². The maximum absolute atomic E-state index is 14.5. The average molecular weight is 695 g/mol. The number of aliphatic imine (C=N–C) groups is 1. The van der Waals surface area contributed by atoms with Gasteiger partial charge >= 0.3 is 6.03 Å². The van der Waals surface area contributed by atoms with Crippen molar-refractivity contribution in [3.63, 3.8) is 0 Å². The fourth-order valence-corrected chi connectivity index (χ4v) is 5.94. The van der Waals surface area contributed by atoms with Crippen molar-refractivity contribution in [1.29, 1.82) is 0 Å². The third-order valence-electron chi connectivity index (χ3n) is 7.28. The highest BCUT2D eigenvalue weighted by Crippen LogP contribution is 2.46. The Morgan fingerprint density at radius 2 is 1.80 bits per heavy atom. The second-order valence-corrected chi connectivity index (χ2v) is 13.2. The Morgan fingerprint density at radius 3 is 2.44 bits per heavy atom. The molecule has 1 fully saturated rings. The van der Waals surface area contributed by atoms with Crippen molar-refractivity contribution in [2.45, 2.75) is 44.9 Å². The quantitative estimate of drug-likeness (QED) is 0.251. The second kappa shape index (κ2) is 13.0. The number of ketones is 1. The number of rotatable bonds is 7. The van der Waals surface area contributed by atoms with E-state index in [2.05, 4.69) is 21.2 Å². The van der Waals surface area contributed by atoms with Crippen LogP contribution in [0.2, 0.25) is 5.02 Å². The van der Waals surface area contributed by atoms with Crippen LogP contribution in [0.5, 0.6) is 5.75 Å². The van der Waals surface area contributed by atoms with Gasteiger partial charge in [0.05, 0.1) is 18.0 Å². The van der Waals surface area contributed by atoms with E-state index in [9.17, 15) is 19.2 Å². The molecule has 5 rings (SSSR count). The molecule has 0 aliphatic carbocycles. The Morgan fingerprint density at radius 1 is 1.07 bits per heavy atom. The first-order chi connectivity index (χ1) is 21.3. The van der Waals surface area contributed by atoms with Crippen LogP contribution in [-0.4, -0.2) is 64.5 Å². The number of nitrogens with zero attached hydrogens (tertiary/aromatic N) is 3. The molecule has 2 atom stereocenters. The molecule has 0 aromatic heterocycles. The summed E-state index contributed by atoms with van der Waals surface area (Å²) >= 11 is 9.81. The summed E-state index contributed by atoms with van der Waals surface area (Å²) in [7, 11) is 0. The van der Waals surface area contributed by atoms with Gasteiger partial charge in [0.25, 0.3) is 0 Å². The number of benzene rings is 3. The maximum atomic E-state index is 14.5. The topological polar surface area (TPSA) is 134 Å². The molecule has 3 aromatic carbocycles. The van der Waals surface area contributed by atoms with Gasteiger partial charge in [-0.1, -0.05) is 57.9 Å². The highest BCUT2D eigenvalue weighted by Gasteiger charge is 2.45. The third kappa shape index (κ3) is 7.37. The van der Waals surface area contributed by atoms with Gasteiger partial charge in [-0.25, -0.2) is 4.79 Å². The highest BCUT2D eigenvalue weighted by molar-refractivity contribution is 9.10. The van der Waals surface area contributed by atoms with E-state index in [1.807, 2.05) is 57.2 Å². The number of nitrogens with two attached hydrogens (primary N) is 1. The number of Topliss-reactive ketones (excluding diaryl/α,β-unsaturated/α-hetero) is 1. The Bertz CT molecular complexity index is 1690. The van der Waals surface area contributed by atoms with Gasteiger partial charge in [-0.05, 0) is 68.3 Å². The fraction of sp³-hybridized carbons (Fsp3) is 0.303. The predicted octanol–water partition coefficient (Wildman–Crippen LogP) is 5.43. The molecule has 45 heavy (non-hydrogen) atoms. The van der Waals surface area contributed by atoms with E-state index in [-0.39, 0.29) is 18.0 Å². The summed E-state index contributed by atoms with van der Waals surface area (Å²) < 4.78 is 7.18. The first kappa shape index (κ1) is 32.2. The van der Waals surface area contributed by atoms with E-state index in [0.717, 1.165) is 15.6 Å². The Balaban J connectivity index is 1.73. The summed E-state index contributed by atoms with van der Waals surface area (Å²) in [5.41, 5.74) is 6.93. The largest absolute Gasteiger partial charge is 0.487 e. The van der Waals surface area contributed by atoms with Crippen molar-refractivity contribution in [3.8, 4) is 5.75 Å². The smallest absolute Gasteiger partial charge is 0.326 e. The lowest BCUT2D eigenvalue weighted by atomic mass is 9.93. The number of urea groups is 1. The zero-order valence-electron chi connectivity index (χ0n) is 25.1. The van der Waals surface area contributed by atoms with E-state index < -0.39 is 41.8 Å². The van der Waals surface area contributed by atoms with E-state index in [0.29, 0.717) is 35.3 Å². The summed E-state index contributed by atoms with van der Waals surface area (Å²) in [6, 6.07) is 18.2. The van der Waals surface area contributed by atoms with Gasteiger partial charge in [-0.2, -0.15) is 0 Å². The molecule has 0 spiro atoms. The molecule has 0 bridgehead atoms. The van der Waals surface area contributed by atoms with Gasteiger partial charge in [0.15, 0.2) is 5.78 Å². The van der Waals surface area contributed by atoms with E-state index in [1.54, 1.807) is 35.2 Å². The third-order valence-corrected chi connectivity index (χ3v) is 8.02. The molecular weight excluding hydrogens is 662 g/mol. The zero-order valence-corrected chi connectivity index (χ0v) is 27.4. The number of piperazine rings is 1. The normalized spacial score (nSPS) is 18.3. The minimum Gasteiger partial charge on any atom is -0.487 e. The number of primary amides is 1. The first-order valence-corrected chi connectivity index (χ1v) is 15.6. The van der Waals surface area contributed by atoms with Gasteiger partial charge in [0, 0.05) is 28.1 Å².